The van der Waals surface area contributed by atoms with Gasteiger partial charge in [0.25, 0.3) is 0 Å². The summed E-state index contributed by atoms with van der Waals surface area (Å²) in [6.07, 6.45) is 1.67. The van der Waals surface area contributed by atoms with Crippen LogP contribution in [0.4, 0.5) is 5.82 Å². The van der Waals surface area contributed by atoms with Crippen molar-refractivity contribution < 1.29 is 0 Å². The molecule has 7 heteroatoms. The van der Waals surface area contributed by atoms with E-state index in [2.05, 4.69) is 21.0 Å². The lowest BCUT2D eigenvalue weighted by molar-refractivity contribution is 0.965. The molecule has 0 aliphatic heterocycles. The average Bonchev–Trinajstić information content (AvgIpc) is 2.34. The van der Waals surface area contributed by atoms with E-state index in [0.29, 0.717) is 10.9 Å². The van der Waals surface area contributed by atoms with E-state index in [1.54, 1.807) is 6.20 Å². The van der Waals surface area contributed by atoms with Crippen LogP contribution in [0.25, 0.3) is 0 Å². The van der Waals surface area contributed by atoms with E-state index in [1.165, 1.54) is 17.8 Å². The molecule has 0 bridgehead atoms. The third-order valence-electron chi connectivity index (χ3n) is 2.24. The topological polar surface area (TPSA) is 88.5 Å². The number of thioether (sulfide) groups is 1. The van der Waals surface area contributed by atoms with Crippen LogP contribution in [0, 0.1) is 18.3 Å². The molecule has 96 valence electrons. The van der Waals surface area contributed by atoms with Crippen molar-refractivity contribution >= 4 is 29.2 Å². The molecule has 0 aromatic carbocycles. The number of aryl methyl sites for hydroxylation is 1. The van der Waals surface area contributed by atoms with E-state index >= 15 is 0 Å². The number of hydrogen-bond acceptors (Lipinski definition) is 6. The molecule has 0 amide bonds. The molecule has 1 atom stereocenters. The maximum Gasteiger partial charge on any atom is 0.192 e. The molecule has 2 aromatic rings. The number of halogens is 1. The van der Waals surface area contributed by atoms with Crippen LogP contribution >= 0.6 is 23.4 Å². The minimum atomic E-state index is -0.502. The molecule has 1 unspecified atom stereocenters. The third kappa shape index (κ3) is 3.56. The summed E-state index contributed by atoms with van der Waals surface area (Å²) in [4.78, 5) is 12.3. The zero-order chi connectivity index (χ0) is 13.8. The summed E-state index contributed by atoms with van der Waals surface area (Å²) in [5, 5.41) is 9.35. The maximum absolute atomic E-state index is 9.24. The van der Waals surface area contributed by atoms with E-state index in [4.69, 9.17) is 17.3 Å². The Morgan fingerprint density at radius 1 is 1.42 bits per heavy atom. The number of anilines is 1. The Balaban J connectivity index is 2.27. The van der Waals surface area contributed by atoms with Crippen LogP contribution in [0.5, 0.6) is 0 Å². The molecule has 0 aliphatic rings. The number of pyridine rings is 1. The Morgan fingerprint density at radius 2 is 2.21 bits per heavy atom. The monoisotopic (exact) mass is 291 g/mol. The molecule has 19 heavy (non-hydrogen) atoms. The maximum atomic E-state index is 9.24. The van der Waals surface area contributed by atoms with Gasteiger partial charge in [-0.3, -0.25) is 4.98 Å². The highest BCUT2D eigenvalue weighted by atomic mass is 35.5. The zero-order valence-electron chi connectivity index (χ0n) is 10.0. The fourth-order valence-electron chi connectivity index (χ4n) is 1.43. The van der Waals surface area contributed by atoms with Gasteiger partial charge in [-0.2, -0.15) is 5.26 Å². The van der Waals surface area contributed by atoms with Crippen molar-refractivity contribution in [1.29, 1.82) is 5.26 Å². The predicted molar refractivity (Wildman–Crippen MR) is 74.6 cm³/mol. The minimum absolute atomic E-state index is 0.254. The summed E-state index contributed by atoms with van der Waals surface area (Å²) in [5.41, 5.74) is 7.29. The smallest absolute Gasteiger partial charge is 0.192 e. The van der Waals surface area contributed by atoms with Gasteiger partial charge in [0.15, 0.2) is 5.16 Å². The number of rotatable bonds is 3. The number of hydrogen-bond donors (Lipinski definition) is 1. The molecule has 0 fully saturated rings. The van der Waals surface area contributed by atoms with Crippen molar-refractivity contribution in [2.45, 2.75) is 17.3 Å². The standard InChI is InChI=1S/C12H10ClN5S/c1-7-2-3-16-8(4-7)9(6-14)19-12-17-10(13)5-11(15)18-12/h2-5,9H,1H3,(H2,15,17,18). The van der Waals surface area contributed by atoms with E-state index in [9.17, 15) is 5.26 Å². The lowest BCUT2D eigenvalue weighted by Gasteiger charge is -2.08. The lowest BCUT2D eigenvalue weighted by atomic mass is 10.2. The van der Waals surface area contributed by atoms with E-state index < -0.39 is 5.25 Å². The van der Waals surface area contributed by atoms with Crippen molar-refractivity contribution in [3.8, 4) is 6.07 Å². The number of nitrogens with zero attached hydrogens (tertiary/aromatic N) is 4. The highest BCUT2D eigenvalue weighted by Gasteiger charge is 2.16. The first-order valence-electron chi connectivity index (χ1n) is 5.37. The van der Waals surface area contributed by atoms with Gasteiger partial charge < -0.3 is 5.73 Å². The van der Waals surface area contributed by atoms with Gasteiger partial charge in [0.2, 0.25) is 0 Å². The highest BCUT2D eigenvalue weighted by molar-refractivity contribution is 7.99. The van der Waals surface area contributed by atoms with E-state index in [1.807, 2.05) is 19.1 Å². The number of nitrogens with two attached hydrogens (primary N) is 1. The third-order valence-corrected chi connectivity index (χ3v) is 3.41. The number of nitriles is 1. The zero-order valence-corrected chi connectivity index (χ0v) is 11.6. The first-order chi connectivity index (χ1) is 9.08. The van der Waals surface area contributed by atoms with Crippen LogP contribution in [-0.4, -0.2) is 15.0 Å². The van der Waals surface area contributed by atoms with Crippen molar-refractivity contribution in [3.05, 3.63) is 40.8 Å². The van der Waals surface area contributed by atoms with Crippen molar-refractivity contribution in [1.82, 2.24) is 15.0 Å². The average molecular weight is 292 g/mol. The van der Waals surface area contributed by atoms with Gasteiger partial charge >= 0.3 is 0 Å². The van der Waals surface area contributed by atoms with Gasteiger partial charge in [0, 0.05) is 12.3 Å². The van der Waals surface area contributed by atoms with Crippen LogP contribution in [0.15, 0.2) is 29.6 Å². The molecule has 0 aliphatic carbocycles. The molecule has 2 aromatic heterocycles. The molecule has 0 spiro atoms. The Kier molecular flexibility index (Phi) is 4.20. The predicted octanol–water partition coefficient (Wildman–Crippen LogP) is 2.77. The van der Waals surface area contributed by atoms with Gasteiger partial charge in [-0.25, -0.2) is 9.97 Å². The summed E-state index contributed by atoms with van der Waals surface area (Å²) < 4.78 is 0. The van der Waals surface area contributed by atoms with Gasteiger partial charge in [0.1, 0.15) is 16.2 Å². The molecule has 2 rings (SSSR count). The van der Waals surface area contributed by atoms with Crippen LogP contribution in [0.3, 0.4) is 0 Å². The molecule has 2 heterocycles. The van der Waals surface area contributed by atoms with Crippen molar-refractivity contribution in [3.63, 3.8) is 0 Å². The lowest BCUT2D eigenvalue weighted by Crippen LogP contribution is -1.99. The summed E-state index contributed by atoms with van der Waals surface area (Å²) in [6, 6.07) is 7.35. The molecular formula is C12H10ClN5S. The second kappa shape index (κ2) is 5.87. The SMILES string of the molecule is Cc1ccnc(C(C#N)Sc2nc(N)cc(Cl)n2)c1. The van der Waals surface area contributed by atoms with Crippen LogP contribution in [-0.2, 0) is 0 Å². The van der Waals surface area contributed by atoms with Gasteiger partial charge in [0.05, 0.1) is 11.8 Å². The second-order valence-corrected chi connectivity index (χ2v) is 5.24. The molecule has 0 saturated heterocycles. The highest BCUT2D eigenvalue weighted by Crippen LogP contribution is 2.32. The quantitative estimate of drug-likeness (QED) is 0.531. The Bertz CT molecular complexity index is 620. The van der Waals surface area contributed by atoms with Crippen LogP contribution in [0.2, 0.25) is 5.15 Å². The Labute approximate surface area is 119 Å². The van der Waals surface area contributed by atoms with Gasteiger partial charge in [-0.1, -0.05) is 23.4 Å². The Morgan fingerprint density at radius 3 is 2.84 bits per heavy atom. The van der Waals surface area contributed by atoms with E-state index in [0.717, 1.165) is 5.56 Å². The van der Waals surface area contributed by atoms with Crippen LogP contribution < -0.4 is 5.73 Å². The van der Waals surface area contributed by atoms with E-state index in [-0.39, 0.29) is 11.0 Å². The Hall–Kier alpha value is -1.84. The molecule has 5 nitrogen and oxygen atoms in total. The first kappa shape index (κ1) is 13.6. The summed E-state index contributed by atoms with van der Waals surface area (Å²) in [5.74, 6) is 0.274. The van der Waals surface area contributed by atoms with Crippen LogP contribution in [0.1, 0.15) is 16.5 Å². The van der Waals surface area contributed by atoms with Crippen molar-refractivity contribution in [2.24, 2.45) is 0 Å². The number of nitrogen functional groups attached to an aromatic ring is 1. The number of aromatic nitrogens is 3. The fraction of sp³-hybridized carbons (Fsp3) is 0.167. The summed E-state index contributed by atoms with van der Waals surface area (Å²) in [6.45, 7) is 1.94. The minimum Gasteiger partial charge on any atom is -0.384 e. The first-order valence-corrected chi connectivity index (χ1v) is 6.63. The van der Waals surface area contributed by atoms with Gasteiger partial charge in [-0.15, -0.1) is 0 Å². The molecular weight excluding hydrogens is 282 g/mol. The van der Waals surface area contributed by atoms with Crippen molar-refractivity contribution in [2.75, 3.05) is 5.73 Å². The molecule has 0 radical (unpaired) electrons. The summed E-state index contributed by atoms with van der Waals surface area (Å²) in [7, 11) is 0. The fourth-order valence-corrected chi connectivity index (χ4v) is 2.49. The summed E-state index contributed by atoms with van der Waals surface area (Å²) >= 11 is 6.97. The normalized spacial score (nSPS) is 11.8. The van der Waals surface area contributed by atoms with Gasteiger partial charge in [-0.05, 0) is 24.6 Å². The second-order valence-electron chi connectivity index (χ2n) is 3.78. The largest absolute Gasteiger partial charge is 0.384 e. The molecule has 2 N–H and O–H groups in total. The molecule has 0 saturated carbocycles.